The summed E-state index contributed by atoms with van der Waals surface area (Å²) >= 11 is 0. The molecule has 1 saturated heterocycles. The first-order valence-electron chi connectivity index (χ1n) is 7.53. The largest absolute Gasteiger partial charge is 0.385 e. The van der Waals surface area contributed by atoms with E-state index in [1.807, 2.05) is 30.3 Å². The van der Waals surface area contributed by atoms with E-state index in [0.29, 0.717) is 25.3 Å². The zero-order valence-corrected chi connectivity index (χ0v) is 12.6. The smallest absolute Gasteiger partial charge is 0.255 e. The van der Waals surface area contributed by atoms with Gasteiger partial charge < -0.3 is 14.7 Å². The van der Waals surface area contributed by atoms with Crippen LogP contribution in [0.4, 0.5) is 4.39 Å². The van der Waals surface area contributed by atoms with E-state index in [2.05, 4.69) is 0 Å². The summed E-state index contributed by atoms with van der Waals surface area (Å²) in [6, 6.07) is 15.2. The van der Waals surface area contributed by atoms with E-state index in [4.69, 9.17) is 4.74 Å². The van der Waals surface area contributed by atoms with Gasteiger partial charge in [0.1, 0.15) is 11.9 Å². The van der Waals surface area contributed by atoms with Crippen molar-refractivity contribution in [3.63, 3.8) is 0 Å². The molecule has 1 heterocycles. The van der Waals surface area contributed by atoms with Gasteiger partial charge in [0.05, 0.1) is 6.61 Å². The lowest BCUT2D eigenvalue weighted by molar-refractivity contribution is -0.164. The van der Waals surface area contributed by atoms with Crippen molar-refractivity contribution in [1.29, 1.82) is 0 Å². The van der Waals surface area contributed by atoms with E-state index < -0.39 is 18.0 Å². The van der Waals surface area contributed by atoms with Gasteiger partial charge in [-0.25, -0.2) is 4.39 Å². The Bertz CT molecular complexity index is 677. The maximum atomic E-state index is 13.3. The second kappa shape index (κ2) is 6.89. The van der Waals surface area contributed by atoms with Crippen molar-refractivity contribution in [2.75, 3.05) is 13.2 Å². The van der Waals surface area contributed by atoms with Crippen LogP contribution < -0.4 is 0 Å². The molecule has 0 radical (unpaired) electrons. The Balaban J connectivity index is 1.74. The molecule has 5 heteroatoms. The van der Waals surface area contributed by atoms with Crippen molar-refractivity contribution in [3.8, 4) is 0 Å². The fraction of sp³-hybridized carbons (Fsp3) is 0.278. The van der Waals surface area contributed by atoms with Gasteiger partial charge in [0.25, 0.3) is 5.91 Å². The molecular weight excluding hydrogens is 297 g/mol. The highest BCUT2D eigenvalue weighted by atomic mass is 19.1. The summed E-state index contributed by atoms with van der Waals surface area (Å²) in [6.45, 7) is 1.28. The molecule has 1 aliphatic rings. The second-order valence-electron chi connectivity index (χ2n) is 5.54. The molecule has 120 valence electrons. The average Bonchev–Trinajstić information content (AvgIpc) is 2.57. The maximum absolute atomic E-state index is 13.3. The standard InChI is InChI=1S/C18H18FNO3/c19-15-8-4-7-14(11-15)16(21)17-18(22)20(9-10-23-17)12-13-5-2-1-3-6-13/h1-8,11,16-17,21H,9-10,12H2/t16-,17?/m0/s1. The fourth-order valence-electron chi connectivity index (χ4n) is 2.70. The summed E-state index contributed by atoms with van der Waals surface area (Å²) < 4.78 is 18.8. The highest BCUT2D eigenvalue weighted by Crippen LogP contribution is 2.24. The summed E-state index contributed by atoms with van der Waals surface area (Å²) in [4.78, 5) is 14.2. The molecule has 0 spiro atoms. The lowest BCUT2D eigenvalue weighted by Crippen LogP contribution is -2.49. The maximum Gasteiger partial charge on any atom is 0.255 e. The van der Waals surface area contributed by atoms with Crippen molar-refractivity contribution in [1.82, 2.24) is 4.90 Å². The van der Waals surface area contributed by atoms with Crippen molar-refractivity contribution >= 4 is 5.91 Å². The summed E-state index contributed by atoms with van der Waals surface area (Å²) in [5.74, 6) is -0.734. The lowest BCUT2D eigenvalue weighted by atomic mass is 10.0. The van der Waals surface area contributed by atoms with E-state index in [0.717, 1.165) is 5.56 Å². The van der Waals surface area contributed by atoms with Crippen molar-refractivity contribution in [2.24, 2.45) is 0 Å². The minimum absolute atomic E-state index is 0.281. The summed E-state index contributed by atoms with van der Waals surface area (Å²) in [7, 11) is 0. The van der Waals surface area contributed by atoms with Gasteiger partial charge in [-0.2, -0.15) is 0 Å². The Morgan fingerprint density at radius 1 is 1.22 bits per heavy atom. The van der Waals surface area contributed by atoms with Crippen LogP contribution in [0.3, 0.4) is 0 Å². The van der Waals surface area contributed by atoms with Gasteiger partial charge in [0, 0.05) is 13.1 Å². The predicted molar refractivity (Wildman–Crippen MR) is 83.0 cm³/mol. The number of benzene rings is 2. The zero-order valence-electron chi connectivity index (χ0n) is 12.6. The molecule has 2 atom stereocenters. The van der Waals surface area contributed by atoms with Crippen LogP contribution in [-0.4, -0.2) is 35.2 Å². The minimum atomic E-state index is -1.18. The SMILES string of the molecule is O=C1C([C@@H](O)c2cccc(F)c2)OCCN1Cc1ccccc1. The molecular formula is C18H18FNO3. The Kier molecular flexibility index (Phi) is 4.69. The van der Waals surface area contributed by atoms with E-state index in [9.17, 15) is 14.3 Å². The summed E-state index contributed by atoms with van der Waals surface area (Å²) in [5, 5.41) is 10.4. The van der Waals surface area contributed by atoms with Crippen LogP contribution in [0.2, 0.25) is 0 Å². The lowest BCUT2D eigenvalue weighted by Gasteiger charge is -2.34. The number of carbonyl (C=O) groups excluding carboxylic acids is 1. The first kappa shape index (κ1) is 15.6. The molecule has 0 saturated carbocycles. The molecule has 1 unspecified atom stereocenters. The van der Waals surface area contributed by atoms with Gasteiger partial charge in [-0.15, -0.1) is 0 Å². The van der Waals surface area contributed by atoms with Crippen LogP contribution in [0.1, 0.15) is 17.2 Å². The van der Waals surface area contributed by atoms with Crippen molar-refractivity contribution < 1.29 is 19.0 Å². The normalized spacial score (nSPS) is 19.7. The third kappa shape index (κ3) is 3.57. The van der Waals surface area contributed by atoms with Crippen molar-refractivity contribution in [3.05, 3.63) is 71.5 Å². The molecule has 1 aliphatic heterocycles. The first-order chi connectivity index (χ1) is 11.1. The quantitative estimate of drug-likeness (QED) is 0.942. The highest BCUT2D eigenvalue weighted by molar-refractivity contribution is 5.82. The van der Waals surface area contributed by atoms with E-state index >= 15 is 0 Å². The molecule has 23 heavy (non-hydrogen) atoms. The Morgan fingerprint density at radius 2 is 2.00 bits per heavy atom. The second-order valence-corrected chi connectivity index (χ2v) is 5.54. The van der Waals surface area contributed by atoms with E-state index in [1.54, 1.807) is 11.0 Å². The number of amides is 1. The number of nitrogens with zero attached hydrogens (tertiary/aromatic N) is 1. The highest BCUT2D eigenvalue weighted by Gasteiger charge is 2.35. The summed E-state index contributed by atoms with van der Waals surface area (Å²) in [6.07, 6.45) is -2.19. The molecule has 1 N–H and O–H groups in total. The third-order valence-electron chi connectivity index (χ3n) is 3.91. The molecule has 1 amide bonds. The van der Waals surface area contributed by atoms with Gasteiger partial charge in [-0.05, 0) is 23.3 Å². The third-order valence-corrected chi connectivity index (χ3v) is 3.91. The van der Waals surface area contributed by atoms with Gasteiger partial charge in [-0.3, -0.25) is 4.79 Å². The number of hydrogen-bond donors (Lipinski definition) is 1. The zero-order chi connectivity index (χ0) is 16.2. The molecule has 2 aromatic rings. The van der Waals surface area contributed by atoms with Crippen LogP contribution in [0.5, 0.6) is 0 Å². The predicted octanol–water partition coefficient (Wildman–Crippen LogP) is 2.29. The number of rotatable bonds is 4. The number of halogens is 1. The molecule has 0 aliphatic carbocycles. The van der Waals surface area contributed by atoms with E-state index in [-0.39, 0.29) is 5.91 Å². The number of morpholine rings is 1. The number of hydrogen-bond acceptors (Lipinski definition) is 3. The Labute approximate surface area is 134 Å². The van der Waals surface area contributed by atoms with Gasteiger partial charge in [0.15, 0.2) is 6.10 Å². The van der Waals surface area contributed by atoms with Crippen LogP contribution in [0.15, 0.2) is 54.6 Å². The minimum Gasteiger partial charge on any atom is -0.385 e. The van der Waals surface area contributed by atoms with Gasteiger partial charge in [-0.1, -0.05) is 42.5 Å². The van der Waals surface area contributed by atoms with Crippen LogP contribution in [0, 0.1) is 5.82 Å². The van der Waals surface area contributed by atoms with Gasteiger partial charge in [0.2, 0.25) is 0 Å². The molecule has 4 nitrogen and oxygen atoms in total. The van der Waals surface area contributed by atoms with Crippen molar-refractivity contribution in [2.45, 2.75) is 18.8 Å². The Morgan fingerprint density at radius 3 is 2.74 bits per heavy atom. The number of carbonyl (C=O) groups is 1. The van der Waals surface area contributed by atoms with E-state index in [1.165, 1.54) is 18.2 Å². The fourth-order valence-corrected chi connectivity index (χ4v) is 2.70. The Hall–Kier alpha value is -2.24. The molecule has 2 aromatic carbocycles. The monoisotopic (exact) mass is 315 g/mol. The van der Waals surface area contributed by atoms with Crippen LogP contribution in [-0.2, 0) is 16.1 Å². The molecule has 0 bridgehead atoms. The van der Waals surface area contributed by atoms with Crippen LogP contribution >= 0.6 is 0 Å². The molecule has 0 aromatic heterocycles. The summed E-state index contributed by atoms with van der Waals surface area (Å²) in [5.41, 5.74) is 1.35. The average molecular weight is 315 g/mol. The number of ether oxygens (including phenoxy) is 1. The molecule has 3 rings (SSSR count). The number of aliphatic hydroxyl groups is 1. The number of aliphatic hydroxyl groups excluding tert-OH is 1. The first-order valence-corrected chi connectivity index (χ1v) is 7.53. The van der Waals surface area contributed by atoms with Crippen LogP contribution in [0.25, 0.3) is 0 Å². The topological polar surface area (TPSA) is 49.8 Å². The molecule has 1 fully saturated rings. The van der Waals surface area contributed by atoms with Gasteiger partial charge >= 0.3 is 0 Å².